The van der Waals surface area contributed by atoms with E-state index in [1.807, 2.05) is 32.9 Å². The number of nitrogens with one attached hydrogen (secondary N) is 1. The summed E-state index contributed by atoms with van der Waals surface area (Å²) in [6, 6.07) is 8.27. The zero-order valence-electron chi connectivity index (χ0n) is 12.5. The highest BCUT2D eigenvalue weighted by atomic mass is 16.4. The van der Waals surface area contributed by atoms with Gasteiger partial charge in [0.15, 0.2) is 0 Å². The molecule has 4 nitrogen and oxygen atoms in total. The van der Waals surface area contributed by atoms with Gasteiger partial charge in [0.25, 0.3) is 0 Å². The van der Waals surface area contributed by atoms with Crippen LogP contribution in [-0.2, 0) is 6.54 Å². The maximum Gasteiger partial charge on any atom is 0.137 e. The molecule has 1 aromatic carbocycles. The van der Waals surface area contributed by atoms with Gasteiger partial charge in [0.1, 0.15) is 6.09 Å². The largest absolute Gasteiger partial charge is 0.530 e. The van der Waals surface area contributed by atoms with Crippen LogP contribution in [0.4, 0.5) is 4.79 Å². The highest BCUT2D eigenvalue weighted by Gasteiger charge is 2.21. The Hall–Kier alpha value is -1.55. The van der Waals surface area contributed by atoms with E-state index in [9.17, 15) is 9.90 Å². The van der Waals surface area contributed by atoms with Gasteiger partial charge in [0.05, 0.1) is 0 Å². The minimum atomic E-state index is -1.12. The van der Waals surface area contributed by atoms with Gasteiger partial charge in [-0.3, -0.25) is 0 Å². The third-order valence-corrected chi connectivity index (χ3v) is 3.88. The molecule has 1 aromatic rings. The molecule has 110 valence electrons. The lowest BCUT2D eigenvalue weighted by molar-refractivity contribution is -0.271. The van der Waals surface area contributed by atoms with Crippen molar-refractivity contribution in [3.63, 3.8) is 0 Å². The molecule has 0 saturated carbocycles. The summed E-state index contributed by atoms with van der Waals surface area (Å²) >= 11 is 0. The third-order valence-electron chi connectivity index (χ3n) is 3.88. The third kappa shape index (κ3) is 3.51. The normalized spacial score (nSPS) is 19.1. The number of benzene rings is 1. The summed E-state index contributed by atoms with van der Waals surface area (Å²) in [6.07, 6.45) is 0.0496. The molecule has 0 bridgehead atoms. The average molecular weight is 275 g/mol. The fourth-order valence-corrected chi connectivity index (χ4v) is 2.59. The Morgan fingerprint density at radius 2 is 2.00 bits per heavy atom. The summed E-state index contributed by atoms with van der Waals surface area (Å²) in [6.45, 7) is 8.11. The van der Waals surface area contributed by atoms with E-state index >= 15 is 0 Å². The van der Waals surface area contributed by atoms with Crippen LogP contribution in [0.1, 0.15) is 44.2 Å². The van der Waals surface area contributed by atoms with Gasteiger partial charge in [-0.25, -0.2) is 0 Å². The van der Waals surface area contributed by atoms with E-state index in [4.69, 9.17) is 0 Å². The lowest BCUT2D eigenvalue weighted by atomic mass is 9.97. The van der Waals surface area contributed by atoms with E-state index < -0.39 is 11.6 Å². The second kappa shape index (κ2) is 5.83. The SMILES string of the molecule is CC(C)(C)N(Cc1ccc(C2CCNC2)cc1)C(=O)[O-]. The molecule has 1 N–H and O–H groups in total. The van der Waals surface area contributed by atoms with Crippen molar-refractivity contribution in [3.05, 3.63) is 35.4 Å². The van der Waals surface area contributed by atoms with Crippen molar-refractivity contribution >= 4 is 6.09 Å². The van der Waals surface area contributed by atoms with Gasteiger partial charge in [-0.2, -0.15) is 0 Å². The molecule has 0 aromatic heterocycles. The Morgan fingerprint density at radius 3 is 2.45 bits per heavy atom. The standard InChI is InChI=1S/C16H24N2O2/c1-16(2,3)18(15(19)20)11-12-4-6-13(7-5-12)14-8-9-17-10-14/h4-7,14,17H,8-11H2,1-3H3,(H,19,20)/p-1. The Balaban J connectivity index is 2.07. The van der Waals surface area contributed by atoms with Crippen LogP contribution in [0.2, 0.25) is 0 Å². The summed E-state index contributed by atoms with van der Waals surface area (Å²) in [5.41, 5.74) is 1.88. The van der Waals surface area contributed by atoms with E-state index in [0.29, 0.717) is 12.5 Å². The highest BCUT2D eigenvalue weighted by molar-refractivity contribution is 5.63. The van der Waals surface area contributed by atoms with Crippen molar-refractivity contribution in [2.24, 2.45) is 0 Å². The van der Waals surface area contributed by atoms with Crippen molar-refractivity contribution in [1.82, 2.24) is 10.2 Å². The van der Waals surface area contributed by atoms with Crippen LogP contribution in [0, 0.1) is 0 Å². The van der Waals surface area contributed by atoms with Crippen molar-refractivity contribution in [2.45, 2.75) is 45.2 Å². The van der Waals surface area contributed by atoms with Crippen LogP contribution in [-0.4, -0.2) is 29.6 Å². The molecule has 4 heteroatoms. The number of rotatable bonds is 3. The molecule has 0 radical (unpaired) electrons. The Bertz CT molecular complexity index is 456. The molecule has 1 atom stereocenters. The second-order valence-electron chi connectivity index (χ2n) is 6.45. The molecule has 20 heavy (non-hydrogen) atoms. The summed E-state index contributed by atoms with van der Waals surface area (Å²) in [4.78, 5) is 12.6. The summed E-state index contributed by atoms with van der Waals surface area (Å²) in [7, 11) is 0. The number of hydrogen-bond donors (Lipinski definition) is 1. The maximum absolute atomic E-state index is 11.2. The van der Waals surface area contributed by atoms with Crippen LogP contribution in [0.15, 0.2) is 24.3 Å². The smallest absolute Gasteiger partial charge is 0.137 e. The monoisotopic (exact) mass is 275 g/mol. The van der Waals surface area contributed by atoms with Crippen LogP contribution in [0.5, 0.6) is 0 Å². The first-order chi connectivity index (χ1) is 9.38. The molecule has 1 amide bonds. The van der Waals surface area contributed by atoms with E-state index in [1.165, 1.54) is 16.9 Å². The summed E-state index contributed by atoms with van der Waals surface area (Å²) in [5.74, 6) is 0.587. The number of amides is 1. The van der Waals surface area contributed by atoms with Gasteiger partial charge in [0.2, 0.25) is 0 Å². The summed E-state index contributed by atoms with van der Waals surface area (Å²) < 4.78 is 0. The first kappa shape index (κ1) is 14.9. The number of carbonyl (C=O) groups is 1. The molecule has 1 aliphatic rings. The van der Waals surface area contributed by atoms with Crippen LogP contribution in [0.25, 0.3) is 0 Å². The fraction of sp³-hybridized carbons (Fsp3) is 0.562. The zero-order valence-corrected chi connectivity index (χ0v) is 12.5. The Kier molecular flexibility index (Phi) is 4.33. The predicted molar refractivity (Wildman–Crippen MR) is 77.4 cm³/mol. The minimum absolute atomic E-state index is 0.370. The summed E-state index contributed by atoms with van der Waals surface area (Å²) in [5, 5.41) is 14.6. The van der Waals surface area contributed by atoms with Crippen molar-refractivity contribution in [3.8, 4) is 0 Å². The molecular weight excluding hydrogens is 252 g/mol. The van der Waals surface area contributed by atoms with E-state index in [1.54, 1.807) is 0 Å². The lowest BCUT2D eigenvalue weighted by Crippen LogP contribution is -2.50. The van der Waals surface area contributed by atoms with Gasteiger partial charge in [0, 0.05) is 18.6 Å². The number of carboxylic acid groups (broad SMARTS) is 1. The van der Waals surface area contributed by atoms with Crippen molar-refractivity contribution in [2.75, 3.05) is 13.1 Å². The first-order valence-corrected chi connectivity index (χ1v) is 7.16. The zero-order chi connectivity index (χ0) is 14.8. The number of carbonyl (C=O) groups excluding carboxylic acids is 1. The number of hydrogen-bond acceptors (Lipinski definition) is 3. The second-order valence-corrected chi connectivity index (χ2v) is 6.45. The highest BCUT2D eigenvalue weighted by Crippen LogP contribution is 2.23. The molecule has 1 aliphatic heterocycles. The lowest BCUT2D eigenvalue weighted by Gasteiger charge is -2.38. The van der Waals surface area contributed by atoms with Gasteiger partial charge in [-0.1, -0.05) is 24.3 Å². The molecule has 1 unspecified atom stereocenters. The van der Waals surface area contributed by atoms with E-state index in [0.717, 1.165) is 18.7 Å². The Labute approximate surface area is 120 Å². The van der Waals surface area contributed by atoms with Crippen molar-refractivity contribution < 1.29 is 9.90 Å². The quantitative estimate of drug-likeness (QED) is 0.913. The molecule has 1 heterocycles. The molecule has 2 rings (SSSR count). The fourth-order valence-electron chi connectivity index (χ4n) is 2.59. The molecular formula is C16H23N2O2-. The first-order valence-electron chi connectivity index (χ1n) is 7.16. The van der Waals surface area contributed by atoms with Crippen LogP contribution >= 0.6 is 0 Å². The topological polar surface area (TPSA) is 55.4 Å². The molecule has 0 aliphatic carbocycles. The minimum Gasteiger partial charge on any atom is -0.530 e. The maximum atomic E-state index is 11.2. The molecule has 1 fully saturated rings. The van der Waals surface area contributed by atoms with Crippen LogP contribution < -0.4 is 10.4 Å². The van der Waals surface area contributed by atoms with E-state index in [2.05, 4.69) is 17.4 Å². The van der Waals surface area contributed by atoms with Gasteiger partial charge in [-0.05, 0) is 50.8 Å². The van der Waals surface area contributed by atoms with Crippen LogP contribution in [0.3, 0.4) is 0 Å². The molecule has 1 saturated heterocycles. The van der Waals surface area contributed by atoms with E-state index in [-0.39, 0.29) is 0 Å². The number of nitrogens with zero attached hydrogens (tertiary/aromatic N) is 1. The Morgan fingerprint density at radius 1 is 1.35 bits per heavy atom. The molecule has 0 spiro atoms. The average Bonchev–Trinajstić information content (AvgIpc) is 2.88. The van der Waals surface area contributed by atoms with Crippen molar-refractivity contribution in [1.29, 1.82) is 0 Å². The van der Waals surface area contributed by atoms with Gasteiger partial charge in [-0.15, -0.1) is 0 Å². The van der Waals surface area contributed by atoms with Gasteiger partial charge < -0.3 is 20.1 Å². The van der Waals surface area contributed by atoms with Gasteiger partial charge >= 0.3 is 0 Å². The predicted octanol–water partition coefficient (Wildman–Crippen LogP) is 1.71.